The van der Waals surface area contributed by atoms with Crippen LogP contribution in [0.5, 0.6) is 11.5 Å². The molecule has 0 spiro atoms. The number of benzene rings is 3. The van der Waals surface area contributed by atoms with Gasteiger partial charge in [0.05, 0.1) is 19.8 Å². The fourth-order valence-corrected chi connectivity index (χ4v) is 3.18. The maximum atomic E-state index is 12.5. The van der Waals surface area contributed by atoms with Gasteiger partial charge < -0.3 is 14.4 Å². The molecule has 0 aliphatic carbocycles. The molecule has 3 aromatic rings. The van der Waals surface area contributed by atoms with Crippen molar-refractivity contribution in [3.8, 4) is 33.8 Å². The van der Waals surface area contributed by atoms with Crippen molar-refractivity contribution in [2.24, 2.45) is 0 Å². The summed E-state index contributed by atoms with van der Waals surface area (Å²) in [7, 11) is 6.58. The monoisotopic (exact) mass is 361 g/mol. The average molecular weight is 361 g/mol. The van der Waals surface area contributed by atoms with E-state index in [1.807, 2.05) is 42.5 Å². The third-order valence-electron chi connectivity index (χ3n) is 4.46. The number of rotatable bonds is 5. The van der Waals surface area contributed by atoms with Crippen LogP contribution in [0.2, 0.25) is 0 Å². The molecule has 0 heterocycles. The van der Waals surface area contributed by atoms with Gasteiger partial charge in [-0.1, -0.05) is 54.6 Å². The SMILES string of the molecule is COc1c(C(=O)N(C)C)ccc(-c2ccccc2-c2ccccc2)c1OC. The van der Waals surface area contributed by atoms with Gasteiger partial charge in [-0.05, 0) is 28.8 Å². The molecular weight excluding hydrogens is 338 g/mol. The lowest BCUT2D eigenvalue weighted by Gasteiger charge is -2.19. The Morgan fingerprint density at radius 1 is 0.704 bits per heavy atom. The Hall–Kier alpha value is -3.27. The molecule has 0 saturated carbocycles. The topological polar surface area (TPSA) is 38.8 Å². The number of nitrogens with zero attached hydrogens (tertiary/aromatic N) is 1. The lowest BCUT2D eigenvalue weighted by molar-refractivity contribution is 0.0823. The first kappa shape index (κ1) is 18.5. The van der Waals surface area contributed by atoms with E-state index in [-0.39, 0.29) is 5.91 Å². The van der Waals surface area contributed by atoms with Crippen LogP contribution in [0.25, 0.3) is 22.3 Å². The second-order valence-electron chi connectivity index (χ2n) is 6.34. The Kier molecular flexibility index (Phi) is 5.46. The molecule has 0 fully saturated rings. The third kappa shape index (κ3) is 3.51. The molecule has 0 unspecified atom stereocenters. The first-order chi connectivity index (χ1) is 13.1. The van der Waals surface area contributed by atoms with E-state index in [9.17, 15) is 4.79 Å². The van der Waals surface area contributed by atoms with Crippen LogP contribution < -0.4 is 9.47 Å². The summed E-state index contributed by atoms with van der Waals surface area (Å²) in [5.41, 5.74) is 4.57. The Labute approximate surface area is 160 Å². The summed E-state index contributed by atoms with van der Waals surface area (Å²) in [6.07, 6.45) is 0. The summed E-state index contributed by atoms with van der Waals surface area (Å²) in [4.78, 5) is 14.0. The van der Waals surface area contributed by atoms with E-state index < -0.39 is 0 Å². The number of carbonyl (C=O) groups is 1. The molecule has 0 atom stereocenters. The van der Waals surface area contributed by atoms with Crippen LogP contribution in [0.3, 0.4) is 0 Å². The van der Waals surface area contributed by atoms with Crippen LogP contribution >= 0.6 is 0 Å². The van der Waals surface area contributed by atoms with Gasteiger partial charge in [0.15, 0.2) is 11.5 Å². The van der Waals surface area contributed by atoms with Gasteiger partial charge in [0.1, 0.15) is 0 Å². The van der Waals surface area contributed by atoms with E-state index in [1.165, 1.54) is 4.90 Å². The molecule has 1 amide bonds. The van der Waals surface area contributed by atoms with Crippen molar-refractivity contribution in [2.75, 3.05) is 28.3 Å². The molecule has 0 bridgehead atoms. The molecule has 0 radical (unpaired) electrons. The summed E-state index contributed by atoms with van der Waals surface area (Å²) in [5.74, 6) is 0.859. The lowest BCUT2D eigenvalue weighted by Crippen LogP contribution is -2.22. The minimum Gasteiger partial charge on any atom is -0.492 e. The van der Waals surface area contributed by atoms with Gasteiger partial charge >= 0.3 is 0 Å². The first-order valence-corrected chi connectivity index (χ1v) is 8.70. The first-order valence-electron chi connectivity index (χ1n) is 8.70. The van der Waals surface area contributed by atoms with Crippen LogP contribution in [0.1, 0.15) is 10.4 Å². The summed E-state index contributed by atoms with van der Waals surface area (Å²) >= 11 is 0. The maximum Gasteiger partial charge on any atom is 0.257 e. The predicted molar refractivity (Wildman–Crippen MR) is 108 cm³/mol. The summed E-state index contributed by atoms with van der Waals surface area (Å²) < 4.78 is 11.3. The van der Waals surface area contributed by atoms with Gasteiger partial charge in [-0.2, -0.15) is 0 Å². The molecule has 0 aliphatic heterocycles. The van der Waals surface area contributed by atoms with Crippen molar-refractivity contribution in [3.63, 3.8) is 0 Å². The summed E-state index contributed by atoms with van der Waals surface area (Å²) in [6, 6.07) is 22.0. The maximum absolute atomic E-state index is 12.5. The summed E-state index contributed by atoms with van der Waals surface area (Å²) in [6.45, 7) is 0. The number of hydrogen-bond acceptors (Lipinski definition) is 3. The smallest absolute Gasteiger partial charge is 0.257 e. The zero-order valence-electron chi connectivity index (χ0n) is 16.0. The van der Waals surface area contributed by atoms with Crippen molar-refractivity contribution in [2.45, 2.75) is 0 Å². The predicted octanol–water partition coefficient (Wildman–Crippen LogP) is 4.74. The van der Waals surface area contributed by atoms with E-state index in [1.54, 1.807) is 34.4 Å². The molecule has 0 saturated heterocycles. The van der Waals surface area contributed by atoms with Gasteiger partial charge in [-0.25, -0.2) is 0 Å². The largest absolute Gasteiger partial charge is 0.492 e. The average Bonchev–Trinajstić information content (AvgIpc) is 2.72. The van der Waals surface area contributed by atoms with Crippen LogP contribution in [0.15, 0.2) is 66.7 Å². The number of methoxy groups -OCH3 is 2. The fourth-order valence-electron chi connectivity index (χ4n) is 3.18. The normalized spacial score (nSPS) is 10.4. The second-order valence-corrected chi connectivity index (χ2v) is 6.34. The highest BCUT2D eigenvalue weighted by Gasteiger charge is 2.22. The molecule has 0 aliphatic rings. The van der Waals surface area contributed by atoms with E-state index >= 15 is 0 Å². The number of carbonyl (C=O) groups excluding carboxylic acids is 1. The molecule has 0 aromatic heterocycles. The van der Waals surface area contributed by atoms with Gasteiger partial charge in [-0.15, -0.1) is 0 Å². The molecule has 4 heteroatoms. The van der Waals surface area contributed by atoms with Crippen LogP contribution in [-0.2, 0) is 0 Å². The van der Waals surface area contributed by atoms with Crippen molar-refractivity contribution >= 4 is 5.91 Å². The third-order valence-corrected chi connectivity index (χ3v) is 4.46. The Bertz CT molecular complexity index is 949. The Morgan fingerprint density at radius 3 is 1.89 bits per heavy atom. The quantitative estimate of drug-likeness (QED) is 0.659. The number of ether oxygens (including phenoxy) is 2. The van der Waals surface area contributed by atoms with Gasteiger partial charge in [0, 0.05) is 19.7 Å². The highest BCUT2D eigenvalue weighted by molar-refractivity contribution is 6.00. The molecule has 3 rings (SSSR count). The minimum atomic E-state index is -0.131. The number of hydrogen-bond donors (Lipinski definition) is 0. The van der Waals surface area contributed by atoms with Gasteiger partial charge in [0.25, 0.3) is 5.91 Å². The molecule has 27 heavy (non-hydrogen) atoms. The van der Waals surface area contributed by atoms with Gasteiger partial charge in [0.2, 0.25) is 0 Å². The zero-order valence-corrected chi connectivity index (χ0v) is 16.0. The summed E-state index contributed by atoms with van der Waals surface area (Å²) in [5, 5.41) is 0. The standard InChI is InChI=1S/C23H23NO3/c1-24(2)23(25)20-15-14-19(21(26-3)22(20)27-4)18-13-9-8-12-17(18)16-10-6-5-7-11-16/h5-15H,1-4H3. The van der Waals surface area contributed by atoms with E-state index in [0.29, 0.717) is 17.1 Å². The molecule has 138 valence electrons. The van der Waals surface area contributed by atoms with E-state index in [4.69, 9.17) is 9.47 Å². The molecular formula is C23H23NO3. The van der Waals surface area contributed by atoms with Crippen LogP contribution in [0, 0.1) is 0 Å². The fraction of sp³-hybridized carbons (Fsp3) is 0.174. The van der Waals surface area contributed by atoms with E-state index in [2.05, 4.69) is 18.2 Å². The lowest BCUT2D eigenvalue weighted by atomic mass is 9.93. The van der Waals surface area contributed by atoms with Gasteiger partial charge in [-0.3, -0.25) is 4.79 Å². The van der Waals surface area contributed by atoms with Crippen LogP contribution in [0.4, 0.5) is 0 Å². The Balaban J connectivity index is 2.24. The minimum absolute atomic E-state index is 0.131. The molecule has 0 N–H and O–H groups in total. The van der Waals surface area contributed by atoms with Crippen molar-refractivity contribution < 1.29 is 14.3 Å². The number of amides is 1. The highest BCUT2D eigenvalue weighted by Crippen LogP contribution is 2.43. The molecule has 4 nitrogen and oxygen atoms in total. The van der Waals surface area contributed by atoms with Crippen molar-refractivity contribution in [3.05, 3.63) is 72.3 Å². The zero-order chi connectivity index (χ0) is 19.4. The van der Waals surface area contributed by atoms with E-state index in [0.717, 1.165) is 22.3 Å². The molecule has 3 aromatic carbocycles. The Morgan fingerprint density at radius 2 is 1.30 bits per heavy atom. The second kappa shape index (κ2) is 7.96. The highest BCUT2D eigenvalue weighted by atomic mass is 16.5. The van der Waals surface area contributed by atoms with Crippen molar-refractivity contribution in [1.82, 2.24) is 4.90 Å². The van der Waals surface area contributed by atoms with Crippen molar-refractivity contribution in [1.29, 1.82) is 0 Å². The van der Waals surface area contributed by atoms with Crippen LogP contribution in [-0.4, -0.2) is 39.1 Å².